The number of sulfone groups is 1. The van der Waals surface area contributed by atoms with Crippen molar-refractivity contribution in [1.82, 2.24) is 5.32 Å². The van der Waals surface area contributed by atoms with Crippen molar-refractivity contribution in [2.75, 3.05) is 16.8 Å². The third-order valence-corrected chi connectivity index (χ3v) is 4.64. The van der Waals surface area contributed by atoms with Crippen LogP contribution in [0.1, 0.15) is 6.42 Å². The zero-order chi connectivity index (χ0) is 14.8. The van der Waals surface area contributed by atoms with Crippen molar-refractivity contribution < 1.29 is 22.4 Å². The summed E-state index contributed by atoms with van der Waals surface area (Å²) in [5.41, 5.74) is 0.283. The van der Waals surface area contributed by atoms with Gasteiger partial charge in [-0.3, -0.25) is 9.59 Å². The summed E-state index contributed by atoms with van der Waals surface area (Å²) in [6.07, 6.45) is 0.303. The molecule has 0 spiro atoms. The van der Waals surface area contributed by atoms with Gasteiger partial charge in [-0.15, -0.1) is 0 Å². The SMILES string of the molecule is O=C(Nc1ccc(F)cc1)C(=O)NC1CCS(=O)(=O)C1. The second-order valence-corrected chi connectivity index (χ2v) is 6.76. The van der Waals surface area contributed by atoms with Crippen LogP contribution in [-0.4, -0.2) is 37.8 Å². The Morgan fingerprint density at radius 2 is 1.80 bits per heavy atom. The Morgan fingerprint density at radius 1 is 1.15 bits per heavy atom. The molecular formula is C12H13FN2O4S. The largest absolute Gasteiger partial charge is 0.344 e. The summed E-state index contributed by atoms with van der Waals surface area (Å²) in [6, 6.07) is 4.40. The molecule has 1 aliphatic heterocycles. The zero-order valence-corrected chi connectivity index (χ0v) is 11.2. The molecule has 1 aromatic carbocycles. The number of rotatable bonds is 2. The normalized spacial score (nSPS) is 20.4. The molecule has 2 rings (SSSR count). The van der Waals surface area contributed by atoms with E-state index in [0.717, 1.165) is 12.1 Å². The predicted molar refractivity (Wildman–Crippen MR) is 70.2 cm³/mol. The molecule has 1 aromatic rings. The van der Waals surface area contributed by atoms with Crippen LogP contribution < -0.4 is 10.6 Å². The Kier molecular flexibility index (Phi) is 4.03. The lowest BCUT2D eigenvalue weighted by atomic mass is 10.2. The van der Waals surface area contributed by atoms with Gasteiger partial charge in [0.15, 0.2) is 9.84 Å². The van der Waals surface area contributed by atoms with Gasteiger partial charge < -0.3 is 10.6 Å². The minimum atomic E-state index is -3.12. The van der Waals surface area contributed by atoms with E-state index in [1.54, 1.807) is 0 Å². The first-order chi connectivity index (χ1) is 9.35. The lowest BCUT2D eigenvalue weighted by Crippen LogP contribution is -2.42. The molecule has 1 fully saturated rings. The number of hydrogen-bond acceptors (Lipinski definition) is 4. The summed E-state index contributed by atoms with van der Waals surface area (Å²) in [5, 5.41) is 4.66. The molecule has 2 amide bonds. The van der Waals surface area contributed by atoms with Gasteiger partial charge in [0.25, 0.3) is 0 Å². The van der Waals surface area contributed by atoms with Crippen molar-refractivity contribution in [2.45, 2.75) is 12.5 Å². The molecule has 1 aliphatic rings. The van der Waals surface area contributed by atoms with Crippen molar-refractivity contribution in [2.24, 2.45) is 0 Å². The minimum Gasteiger partial charge on any atom is -0.344 e. The van der Waals surface area contributed by atoms with Crippen LogP contribution in [0, 0.1) is 5.82 Å². The van der Waals surface area contributed by atoms with Crippen LogP contribution in [0.15, 0.2) is 24.3 Å². The van der Waals surface area contributed by atoms with Crippen molar-refractivity contribution in [1.29, 1.82) is 0 Å². The number of halogens is 1. The van der Waals surface area contributed by atoms with Crippen LogP contribution in [0.25, 0.3) is 0 Å². The van der Waals surface area contributed by atoms with Gasteiger partial charge in [0.1, 0.15) is 5.82 Å². The quantitative estimate of drug-likeness (QED) is 0.756. The first-order valence-electron chi connectivity index (χ1n) is 5.93. The maximum atomic E-state index is 12.7. The van der Waals surface area contributed by atoms with E-state index in [4.69, 9.17) is 0 Å². The van der Waals surface area contributed by atoms with Crippen LogP contribution in [0.2, 0.25) is 0 Å². The van der Waals surface area contributed by atoms with Crippen molar-refractivity contribution in [3.63, 3.8) is 0 Å². The summed E-state index contributed by atoms with van der Waals surface area (Å²) in [5.74, 6) is -2.42. The van der Waals surface area contributed by atoms with Gasteiger partial charge in [-0.25, -0.2) is 12.8 Å². The van der Waals surface area contributed by atoms with Crippen LogP contribution in [-0.2, 0) is 19.4 Å². The first kappa shape index (κ1) is 14.4. The van der Waals surface area contributed by atoms with Gasteiger partial charge in [-0.1, -0.05) is 0 Å². The van der Waals surface area contributed by atoms with E-state index >= 15 is 0 Å². The van der Waals surface area contributed by atoms with Gasteiger partial charge in [-0.05, 0) is 30.7 Å². The molecule has 20 heavy (non-hydrogen) atoms. The molecule has 1 heterocycles. The first-order valence-corrected chi connectivity index (χ1v) is 7.76. The number of anilines is 1. The van der Waals surface area contributed by atoms with Gasteiger partial charge in [0.2, 0.25) is 0 Å². The van der Waals surface area contributed by atoms with Crippen molar-refractivity contribution in [3.8, 4) is 0 Å². The zero-order valence-electron chi connectivity index (χ0n) is 10.4. The molecule has 2 N–H and O–H groups in total. The highest BCUT2D eigenvalue weighted by molar-refractivity contribution is 7.91. The molecule has 0 radical (unpaired) electrons. The van der Waals surface area contributed by atoms with E-state index in [9.17, 15) is 22.4 Å². The third kappa shape index (κ3) is 3.77. The standard InChI is InChI=1S/C12H13FN2O4S/c13-8-1-3-9(4-2-8)14-11(16)12(17)15-10-5-6-20(18,19)7-10/h1-4,10H,5-7H2,(H,14,16)(H,15,17). The van der Waals surface area contributed by atoms with E-state index in [1.165, 1.54) is 12.1 Å². The highest BCUT2D eigenvalue weighted by Crippen LogP contribution is 2.11. The third-order valence-electron chi connectivity index (χ3n) is 2.88. The fourth-order valence-corrected chi connectivity index (χ4v) is 3.55. The average Bonchev–Trinajstić information content (AvgIpc) is 2.71. The van der Waals surface area contributed by atoms with E-state index in [0.29, 0.717) is 6.42 Å². The number of amides is 2. The molecular weight excluding hydrogens is 287 g/mol. The Morgan fingerprint density at radius 3 is 2.35 bits per heavy atom. The molecule has 108 valence electrons. The fraction of sp³-hybridized carbons (Fsp3) is 0.333. The monoisotopic (exact) mass is 300 g/mol. The Hall–Kier alpha value is -1.96. The molecule has 0 saturated carbocycles. The van der Waals surface area contributed by atoms with Crippen molar-refractivity contribution in [3.05, 3.63) is 30.1 Å². The smallest absolute Gasteiger partial charge is 0.313 e. The maximum Gasteiger partial charge on any atom is 0.313 e. The maximum absolute atomic E-state index is 12.7. The van der Waals surface area contributed by atoms with Crippen LogP contribution in [0.4, 0.5) is 10.1 Å². The Labute approximate surface area is 115 Å². The highest BCUT2D eigenvalue weighted by Gasteiger charge is 2.30. The summed E-state index contributed by atoms with van der Waals surface area (Å²) in [7, 11) is -3.12. The molecule has 0 aromatic heterocycles. The van der Waals surface area contributed by atoms with Crippen LogP contribution >= 0.6 is 0 Å². The van der Waals surface area contributed by atoms with E-state index in [-0.39, 0.29) is 17.2 Å². The topological polar surface area (TPSA) is 92.3 Å². The molecule has 1 saturated heterocycles. The number of benzene rings is 1. The van der Waals surface area contributed by atoms with Gasteiger partial charge in [-0.2, -0.15) is 0 Å². The second kappa shape index (κ2) is 5.58. The lowest BCUT2D eigenvalue weighted by molar-refractivity contribution is -0.136. The Bertz CT molecular complexity index is 627. The summed E-state index contributed by atoms with van der Waals surface area (Å²) in [4.78, 5) is 23.2. The number of nitrogens with one attached hydrogen (secondary N) is 2. The predicted octanol–water partition coefficient (Wildman–Crippen LogP) is 0.0675. The van der Waals surface area contributed by atoms with E-state index in [2.05, 4.69) is 10.6 Å². The number of hydrogen-bond donors (Lipinski definition) is 2. The van der Waals surface area contributed by atoms with Gasteiger partial charge in [0, 0.05) is 11.7 Å². The fourth-order valence-electron chi connectivity index (χ4n) is 1.88. The van der Waals surface area contributed by atoms with E-state index < -0.39 is 33.5 Å². The molecule has 6 nitrogen and oxygen atoms in total. The highest BCUT2D eigenvalue weighted by atomic mass is 32.2. The molecule has 0 aliphatic carbocycles. The average molecular weight is 300 g/mol. The summed E-state index contributed by atoms with van der Waals surface area (Å²) < 4.78 is 35.1. The van der Waals surface area contributed by atoms with Crippen LogP contribution in [0.5, 0.6) is 0 Å². The van der Waals surface area contributed by atoms with Crippen molar-refractivity contribution >= 4 is 27.3 Å². The lowest BCUT2D eigenvalue weighted by Gasteiger charge is -2.10. The Balaban J connectivity index is 1.89. The molecule has 0 bridgehead atoms. The molecule has 1 atom stereocenters. The number of carbonyl (C=O) groups excluding carboxylic acids is 2. The summed E-state index contributed by atoms with van der Waals surface area (Å²) in [6.45, 7) is 0. The summed E-state index contributed by atoms with van der Waals surface area (Å²) >= 11 is 0. The van der Waals surface area contributed by atoms with E-state index in [1.807, 2.05) is 0 Å². The van der Waals surface area contributed by atoms with Crippen LogP contribution in [0.3, 0.4) is 0 Å². The molecule has 1 unspecified atom stereocenters. The minimum absolute atomic E-state index is 0.0114. The van der Waals surface area contributed by atoms with Gasteiger partial charge in [0.05, 0.1) is 11.5 Å². The van der Waals surface area contributed by atoms with Gasteiger partial charge >= 0.3 is 11.8 Å². The second-order valence-electron chi connectivity index (χ2n) is 4.53. The number of carbonyl (C=O) groups is 2. The molecule has 8 heteroatoms.